The highest BCUT2D eigenvalue weighted by molar-refractivity contribution is 6.33. The molecule has 122 valence electrons. The van der Waals surface area contributed by atoms with Crippen LogP contribution in [-0.4, -0.2) is 23.4 Å². The number of nitrogens with two attached hydrogens (primary N) is 2. The lowest BCUT2D eigenvalue weighted by Gasteiger charge is -2.07. The van der Waals surface area contributed by atoms with Crippen molar-refractivity contribution in [1.82, 2.24) is 5.16 Å². The van der Waals surface area contributed by atoms with Crippen LogP contribution in [0.15, 0.2) is 27.7 Å². The summed E-state index contributed by atoms with van der Waals surface area (Å²) in [6.45, 7) is 4.03. The molecule has 2 rings (SSSR count). The van der Waals surface area contributed by atoms with Gasteiger partial charge in [0.05, 0.1) is 10.6 Å². The molecule has 0 spiro atoms. The molecule has 6 nitrogen and oxygen atoms in total. The number of carbonyl (C=O) groups is 1. The monoisotopic (exact) mass is 334 g/mol. The van der Waals surface area contributed by atoms with E-state index in [1.54, 1.807) is 13.0 Å². The molecule has 0 radical (unpaired) electrons. The molecule has 0 saturated carbocycles. The van der Waals surface area contributed by atoms with Crippen LogP contribution in [-0.2, 0) is 0 Å². The standard InChI is InChI=1S/C16H19ClN4O2/c1-9-5-3-6-11(17)13(9)15-14(10(2)23-21-15)12(22)7-4-8-20-16(18)19/h3,5-6H,4,7-8H2,1-2H3,(H4,18,19,20). The molecule has 0 fully saturated rings. The predicted octanol–water partition coefficient (Wildman–Crippen LogP) is 2.85. The summed E-state index contributed by atoms with van der Waals surface area (Å²) < 4.78 is 5.23. The molecule has 0 aliphatic rings. The van der Waals surface area contributed by atoms with E-state index in [4.69, 9.17) is 27.6 Å². The summed E-state index contributed by atoms with van der Waals surface area (Å²) in [7, 11) is 0. The summed E-state index contributed by atoms with van der Waals surface area (Å²) in [6, 6.07) is 5.53. The zero-order valence-corrected chi connectivity index (χ0v) is 13.9. The van der Waals surface area contributed by atoms with E-state index in [1.165, 1.54) is 0 Å². The van der Waals surface area contributed by atoms with Crippen LogP contribution in [0, 0.1) is 13.8 Å². The Balaban J connectivity index is 2.29. The smallest absolute Gasteiger partial charge is 0.185 e. The first-order valence-electron chi connectivity index (χ1n) is 7.22. The molecule has 2 aromatic rings. The van der Waals surface area contributed by atoms with Gasteiger partial charge in [0, 0.05) is 18.5 Å². The van der Waals surface area contributed by atoms with E-state index >= 15 is 0 Å². The Labute approximate surface area is 139 Å². The van der Waals surface area contributed by atoms with Gasteiger partial charge < -0.3 is 16.0 Å². The van der Waals surface area contributed by atoms with Crippen LogP contribution in [0.1, 0.15) is 34.5 Å². The van der Waals surface area contributed by atoms with E-state index in [0.29, 0.717) is 41.4 Å². The average Bonchev–Trinajstić information content (AvgIpc) is 2.85. The number of aliphatic imine (C=N–C) groups is 1. The minimum absolute atomic E-state index is 0.0194. The zero-order valence-electron chi connectivity index (χ0n) is 13.1. The van der Waals surface area contributed by atoms with Gasteiger partial charge in [-0.15, -0.1) is 0 Å². The molecule has 0 atom stereocenters. The summed E-state index contributed by atoms with van der Waals surface area (Å²) in [5.41, 5.74) is 13.1. The van der Waals surface area contributed by atoms with E-state index in [1.807, 2.05) is 19.1 Å². The van der Waals surface area contributed by atoms with Crippen molar-refractivity contribution in [2.45, 2.75) is 26.7 Å². The molecule has 0 aliphatic carbocycles. The van der Waals surface area contributed by atoms with Gasteiger partial charge >= 0.3 is 0 Å². The van der Waals surface area contributed by atoms with E-state index in [2.05, 4.69) is 10.1 Å². The highest BCUT2D eigenvalue weighted by atomic mass is 35.5. The van der Waals surface area contributed by atoms with Gasteiger partial charge in [0.2, 0.25) is 0 Å². The first-order chi connectivity index (χ1) is 10.9. The summed E-state index contributed by atoms with van der Waals surface area (Å²) in [6.07, 6.45) is 0.845. The van der Waals surface area contributed by atoms with Crippen LogP contribution in [0.25, 0.3) is 11.3 Å². The largest absolute Gasteiger partial charge is 0.370 e. The van der Waals surface area contributed by atoms with Gasteiger partial charge in [0.1, 0.15) is 11.5 Å². The number of hydrogen-bond donors (Lipinski definition) is 2. The predicted molar refractivity (Wildman–Crippen MR) is 90.7 cm³/mol. The van der Waals surface area contributed by atoms with Gasteiger partial charge in [-0.25, -0.2) is 0 Å². The van der Waals surface area contributed by atoms with Gasteiger partial charge in [-0.2, -0.15) is 0 Å². The number of halogens is 1. The number of aromatic nitrogens is 1. The number of ketones is 1. The van der Waals surface area contributed by atoms with E-state index in [0.717, 1.165) is 11.1 Å². The first kappa shape index (κ1) is 17.0. The Morgan fingerprint density at radius 3 is 2.74 bits per heavy atom. The number of benzene rings is 1. The second-order valence-electron chi connectivity index (χ2n) is 5.23. The summed E-state index contributed by atoms with van der Waals surface area (Å²) in [5.74, 6) is 0.431. The lowest BCUT2D eigenvalue weighted by atomic mass is 9.97. The average molecular weight is 335 g/mol. The van der Waals surface area contributed by atoms with Crippen LogP contribution in [0.2, 0.25) is 5.02 Å². The number of rotatable bonds is 6. The third-order valence-electron chi connectivity index (χ3n) is 3.46. The van der Waals surface area contributed by atoms with Crippen molar-refractivity contribution in [3.05, 3.63) is 40.1 Å². The van der Waals surface area contributed by atoms with Gasteiger partial charge in [0.15, 0.2) is 11.7 Å². The lowest BCUT2D eigenvalue weighted by Crippen LogP contribution is -2.23. The first-order valence-corrected chi connectivity index (χ1v) is 7.60. The number of guanidine groups is 1. The molecule has 0 amide bonds. The molecule has 0 saturated heterocycles. The molecule has 7 heteroatoms. The maximum Gasteiger partial charge on any atom is 0.185 e. The minimum atomic E-state index is -0.0659. The van der Waals surface area contributed by atoms with Gasteiger partial charge in [0.25, 0.3) is 0 Å². The third kappa shape index (κ3) is 3.90. The summed E-state index contributed by atoms with van der Waals surface area (Å²) in [5, 5.41) is 4.57. The van der Waals surface area contributed by atoms with Crippen molar-refractivity contribution in [1.29, 1.82) is 0 Å². The summed E-state index contributed by atoms with van der Waals surface area (Å²) in [4.78, 5) is 16.4. The number of carbonyl (C=O) groups excluding carboxylic acids is 1. The minimum Gasteiger partial charge on any atom is -0.370 e. The molecule has 0 aliphatic heterocycles. The molecule has 0 bridgehead atoms. The van der Waals surface area contributed by atoms with Crippen molar-refractivity contribution >= 4 is 23.3 Å². The fraction of sp³-hybridized carbons (Fsp3) is 0.312. The number of aryl methyl sites for hydroxylation is 2. The van der Waals surface area contributed by atoms with Crippen molar-refractivity contribution in [3.63, 3.8) is 0 Å². The van der Waals surface area contributed by atoms with Crippen LogP contribution in [0.5, 0.6) is 0 Å². The van der Waals surface area contributed by atoms with Crippen molar-refractivity contribution in [2.75, 3.05) is 6.54 Å². The fourth-order valence-electron chi connectivity index (χ4n) is 2.38. The van der Waals surface area contributed by atoms with Crippen molar-refractivity contribution in [2.24, 2.45) is 16.5 Å². The van der Waals surface area contributed by atoms with E-state index in [-0.39, 0.29) is 11.7 Å². The van der Waals surface area contributed by atoms with E-state index < -0.39 is 0 Å². The van der Waals surface area contributed by atoms with Gasteiger partial charge in [-0.3, -0.25) is 9.79 Å². The second-order valence-corrected chi connectivity index (χ2v) is 5.63. The molecular formula is C16H19ClN4O2. The number of Topliss-reactive ketones (excluding diaryl/α,β-unsaturated/α-hetero) is 1. The maximum atomic E-state index is 12.5. The summed E-state index contributed by atoms with van der Waals surface area (Å²) >= 11 is 6.27. The Bertz CT molecular complexity index is 728. The molecular weight excluding hydrogens is 316 g/mol. The highest BCUT2D eigenvalue weighted by Crippen LogP contribution is 2.34. The quantitative estimate of drug-likeness (QED) is 0.365. The SMILES string of the molecule is Cc1cccc(Cl)c1-c1noc(C)c1C(=O)CCCN=C(N)N. The topological polar surface area (TPSA) is 108 Å². The molecule has 1 heterocycles. The van der Waals surface area contributed by atoms with Crippen molar-refractivity contribution in [3.8, 4) is 11.3 Å². The number of hydrogen-bond acceptors (Lipinski definition) is 4. The number of nitrogens with zero attached hydrogens (tertiary/aromatic N) is 2. The van der Waals surface area contributed by atoms with Crippen molar-refractivity contribution < 1.29 is 9.32 Å². The Morgan fingerprint density at radius 2 is 2.09 bits per heavy atom. The zero-order chi connectivity index (χ0) is 17.0. The molecule has 1 aromatic heterocycles. The van der Waals surface area contributed by atoms with Gasteiger partial charge in [-0.1, -0.05) is 28.9 Å². The molecule has 23 heavy (non-hydrogen) atoms. The van der Waals surface area contributed by atoms with E-state index in [9.17, 15) is 4.79 Å². The van der Waals surface area contributed by atoms with Crippen LogP contribution in [0.4, 0.5) is 0 Å². The third-order valence-corrected chi connectivity index (χ3v) is 3.77. The maximum absolute atomic E-state index is 12.5. The fourth-order valence-corrected chi connectivity index (χ4v) is 2.69. The van der Waals surface area contributed by atoms with Crippen LogP contribution < -0.4 is 11.5 Å². The Kier molecular flexibility index (Phi) is 5.39. The molecule has 4 N–H and O–H groups in total. The van der Waals surface area contributed by atoms with Crippen LogP contribution >= 0.6 is 11.6 Å². The Morgan fingerprint density at radius 1 is 1.35 bits per heavy atom. The Hall–Kier alpha value is -2.34. The normalized spacial score (nSPS) is 10.6. The molecule has 1 aromatic carbocycles. The second kappa shape index (κ2) is 7.28. The highest BCUT2D eigenvalue weighted by Gasteiger charge is 2.23. The lowest BCUT2D eigenvalue weighted by molar-refractivity contribution is 0.0980. The van der Waals surface area contributed by atoms with Gasteiger partial charge in [-0.05, 0) is 31.9 Å². The van der Waals surface area contributed by atoms with Crippen LogP contribution in [0.3, 0.4) is 0 Å². The molecule has 0 unspecified atom stereocenters.